The molecule has 32 heavy (non-hydrogen) atoms. The van der Waals surface area contributed by atoms with Gasteiger partial charge in [0.2, 0.25) is 0 Å². The number of H-pyrrole nitrogens is 1. The average Bonchev–Trinajstić information content (AvgIpc) is 3.42. The standard InChI is InChI=1S/C25H25N5O2/c1-25(9-10-25)32-18-7-8-20-19(13-18)24(29-28-20)21-14-23(27-16-26-21)30-11-12-31-22(15-30)17-5-3-2-4-6-17/h2-8,13-14,16,22H,9-12,15H2,1H3,(H,28,29). The number of hydrogen-bond donors (Lipinski definition) is 1. The normalized spacial score (nSPS) is 19.8. The summed E-state index contributed by atoms with van der Waals surface area (Å²) < 4.78 is 12.2. The molecule has 1 N–H and O–H groups in total. The molecule has 2 fully saturated rings. The van der Waals surface area contributed by atoms with Gasteiger partial charge < -0.3 is 14.4 Å². The van der Waals surface area contributed by atoms with Crippen LogP contribution >= 0.6 is 0 Å². The van der Waals surface area contributed by atoms with Gasteiger partial charge in [-0.05, 0) is 43.5 Å². The maximum absolute atomic E-state index is 6.16. The van der Waals surface area contributed by atoms with E-state index in [-0.39, 0.29) is 11.7 Å². The molecule has 1 unspecified atom stereocenters. The number of ether oxygens (including phenoxy) is 2. The van der Waals surface area contributed by atoms with Crippen LogP contribution in [-0.2, 0) is 4.74 Å². The average molecular weight is 428 g/mol. The first kappa shape index (κ1) is 19.3. The zero-order chi connectivity index (χ0) is 21.5. The molecule has 1 aliphatic heterocycles. The molecule has 7 heteroatoms. The molecule has 1 saturated carbocycles. The molecule has 2 aromatic heterocycles. The second kappa shape index (κ2) is 7.60. The summed E-state index contributed by atoms with van der Waals surface area (Å²) in [5.41, 5.74) is 3.72. The van der Waals surface area contributed by atoms with Gasteiger partial charge in [-0.25, -0.2) is 9.97 Å². The van der Waals surface area contributed by atoms with E-state index in [0.29, 0.717) is 6.61 Å². The molecule has 2 aliphatic rings. The highest BCUT2D eigenvalue weighted by Gasteiger charge is 2.40. The Labute approximate surface area is 186 Å². The maximum Gasteiger partial charge on any atom is 0.132 e. The molecule has 7 nitrogen and oxygen atoms in total. The predicted octanol–water partition coefficient (Wildman–Crippen LogP) is 4.53. The highest BCUT2D eigenvalue weighted by molar-refractivity contribution is 5.93. The van der Waals surface area contributed by atoms with Gasteiger partial charge in [0.05, 0.1) is 17.8 Å². The van der Waals surface area contributed by atoms with Crippen molar-refractivity contribution in [2.75, 3.05) is 24.6 Å². The third-order valence-electron chi connectivity index (χ3n) is 6.31. The van der Waals surface area contributed by atoms with Gasteiger partial charge in [0, 0.05) is 24.5 Å². The molecule has 0 bridgehead atoms. The van der Waals surface area contributed by atoms with Crippen molar-refractivity contribution < 1.29 is 9.47 Å². The van der Waals surface area contributed by atoms with Gasteiger partial charge in [0.15, 0.2) is 0 Å². The van der Waals surface area contributed by atoms with E-state index < -0.39 is 0 Å². The zero-order valence-corrected chi connectivity index (χ0v) is 18.0. The first-order chi connectivity index (χ1) is 15.7. The molecule has 1 saturated heterocycles. The van der Waals surface area contributed by atoms with E-state index in [1.54, 1.807) is 6.33 Å². The Morgan fingerprint density at radius 3 is 2.81 bits per heavy atom. The van der Waals surface area contributed by atoms with Gasteiger partial charge in [-0.2, -0.15) is 5.10 Å². The van der Waals surface area contributed by atoms with Crippen LogP contribution < -0.4 is 9.64 Å². The van der Waals surface area contributed by atoms with Crippen LogP contribution in [0.5, 0.6) is 5.75 Å². The molecule has 0 amide bonds. The molecule has 162 valence electrons. The summed E-state index contributed by atoms with van der Waals surface area (Å²) >= 11 is 0. The Morgan fingerprint density at radius 2 is 1.97 bits per heavy atom. The lowest BCUT2D eigenvalue weighted by atomic mass is 10.1. The quantitative estimate of drug-likeness (QED) is 0.504. The van der Waals surface area contributed by atoms with Crippen molar-refractivity contribution in [3.63, 3.8) is 0 Å². The van der Waals surface area contributed by atoms with Gasteiger partial charge in [0.1, 0.15) is 35.3 Å². The van der Waals surface area contributed by atoms with Crippen LogP contribution in [0.25, 0.3) is 22.3 Å². The third-order valence-corrected chi connectivity index (χ3v) is 6.31. The Hall–Kier alpha value is -3.45. The number of nitrogens with one attached hydrogen (secondary N) is 1. The van der Waals surface area contributed by atoms with Crippen molar-refractivity contribution in [3.8, 4) is 17.1 Å². The summed E-state index contributed by atoms with van der Waals surface area (Å²) in [5.74, 6) is 1.75. The molecule has 6 rings (SSSR count). The smallest absolute Gasteiger partial charge is 0.132 e. The second-order valence-electron chi connectivity index (χ2n) is 8.81. The van der Waals surface area contributed by atoms with Crippen LogP contribution in [0.4, 0.5) is 5.82 Å². The summed E-state index contributed by atoms with van der Waals surface area (Å²) in [6.07, 6.45) is 3.84. The molecular weight excluding hydrogens is 402 g/mol. The van der Waals surface area contributed by atoms with Crippen molar-refractivity contribution in [3.05, 3.63) is 66.5 Å². The van der Waals surface area contributed by atoms with Crippen molar-refractivity contribution in [1.82, 2.24) is 20.2 Å². The minimum Gasteiger partial charge on any atom is -0.488 e. The summed E-state index contributed by atoms with van der Waals surface area (Å²) in [4.78, 5) is 11.3. The van der Waals surface area contributed by atoms with E-state index in [9.17, 15) is 0 Å². The molecule has 1 aliphatic carbocycles. The highest BCUT2D eigenvalue weighted by Crippen LogP contribution is 2.40. The lowest BCUT2D eigenvalue weighted by Gasteiger charge is -2.34. The van der Waals surface area contributed by atoms with Crippen LogP contribution in [0.15, 0.2) is 60.9 Å². The Balaban J connectivity index is 1.29. The molecule has 2 aromatic carbocycles. The number of anilines is 1. The lowest BCUT2D eigenvalue weighted by Crippen LogP contribution is -2.38. The Bertz CT molecular complexity index is 1250. The van der Waals surface area contributed by atoms with Gasteiger partial charge >= 0.3 is 0 Å². The number of aromatic nitrogens is 4. The van der Waals surface area contributed by atoms with Crippen LogP contribution in [-0.4, -0.2) is 45.5 Å². The Kier molecular flexibility index (Phi) is 4.57. The summed E-state index contributed by atoms with van der Waals surface area (Å²) in [5, 5.41) is 8.67. The molecule has 0 spiro atoms. The highest BCUT2D eigenvalue weighted by atomic mass is 16.5. The van der Waals surface area contributed by atoms with Crippen molar-refractivity contribution in [2.45, 2.75) is 31.5 Å². The van der Waals surface area contributed by atoms with Crippen LogP contribution in [0.3, 0.4) is 0 Å². The molecular formula is C25H25N5O2. The lowest BCUT2D eigenvalue weighted by molar-refractivity contribution is 0.0395. The van der Waals surface area contributed by atoms with E-state index in [0.717, 1.165) is 59.8 Å². The van der Waals surface area contributed by atoms with Crippen molar-refractivity contribution in [1.29, 1.82) is 0 Å². The molecule has 3 heterocycles. The second-order valence-corrected chi connectivity index (χ2v) is 8.81. The number of hydrogen-bond acceptors (Lipinski definition) is 6. The largest absolute Gasteiger partial charge is 0.488 e. The minimum atomic E-state index is -0.0225. The number of rotatable bonds is 5. The molecule has 1 atom stereocenters. The number of fused-ring (bicyclic) bond motifs is 1. The van der Waals surface area contributed by atoms with Crippen LogP contribution in [0.2, 0.25) is 0 Å². The topological polar surface area (TPSA) is 76.2 Å². The first-order valence-corrected chi connectivity index (χ1v) is 11.1. The summed E-state index contributed by atoms with van der Waals surface area (Å²) in [6, 6.07) is 18.4. The van der Waals surface area contributed by atoms with E-state index in [4.69, 9.17) is 9.47 Å². The number of benzene rings is 2. The number of nitrogens with zero attached hydrogens (tertiary/aromatic N) is 4. The fourth-order valence-corrected chi connectivity index (χ4v) is 4.19. The third kappa shape index (κ3) is 3.69. The van der Waals surface area contributed by atoms with E-state index in [1.165, 1.54) is 5.56 Å². The van der Waals surface area contributed by atoms with E-state index in [1.807, 2.05) is 36.4 Å². The van der Waals surface area contributed by atoms with Gasteiger partial charge in [-0.3, -0.25) is 5.10 Å². The van der Waals surface area contributed by atoms with Crippen molar-refractivity contribution >= 4 is 16.7 Å². The minimum absolute atomic E-state index is 0.0225. The van der Waals surface area contributed by atoms with E-state index in [2.05, 4.69) is 50.2 Å². The first-order valence-electron chi connectivity index (χ1n) is 11.1. The Morgan fingerprint density at radius 1 is 1.09 bits per heavy atom. The monoisotopic (exact) mass is 427 g/mol. The van der Waals surface area contributed by atoms with Crippen molar-refractivity contribution in [2.24, 2.45) is 0 Å². The fraction of sp³-hybridized carbons (Fsp3) is 0.320. The fourth-order valence-electron chi connectivity index (χ4n) is 4.19. The summed E-state index contributed by atoms with van der Waals surface area (Å²) in [6.45, 7) is 4.34. The summed E-state index contributed by atoms with van der Waals surface area (Å²) in [7, 11) is 0. The van der Waals surface area contributed by atoms with Gasteiger partial charge in [0.25, 0.3) is 0 Å². The van der Waals surface area contributed by atoms with E-state index >= 15 is 0 Å². The molecule has 4 aromatic rings. The van der Waals surface area contributed by atoms with Crippen LogP contribution in [0, 0.1) is 0 Å². The number of aromatic amines is 1. The van der Waals surface area contributed by atoms with Gasteiger partial charge in [-0.15, -0.1) is 0 Å². The molecule has 0 radical (unpaired) electrons. The zero-order valence-electron chi connectivity index (χ0n) is 18.0. The SMILES string of the molecule is CC1(Oc2ccc3[nH]nc(-c4cc(N5CCOC(c6ccccc6)C5)ncn4)c3c2)CC1. The van der Waals surface area contributed by atoms with Crippen LogP contribution in [0.1, 0.15) is 31.4 Å². The number of morpholine rings is 1. The van der Waals surface area contributed by atoms with Gasteiger partial charge in [-0.1, -0.05) is 30.3 Å². The predicted molar refractivity (Wildman–Crippen MR) is 123 cm³/mol. The maximum atomic E-state index is 6.16.